The quantitative estimate of drug-likeness (QED) is 0.458. The van der Waals surface area contributed by atoms with Gasteiger partial charge < -0.3 is 0 Å². The summed E-state index contributed by atoms with van der Waals surface area (Å²) in [5.74, 6) is -10.8. The third-order valence-electron chi connectivity index (χ3n) is 1.92. The molecule has 2 aliphatic heterocycles. The number of rotatable bonds is 0. The predicted octanol–water partition coefficient (Wildman–Crippen LogP) is 6.14. The first-order valence-corrected chi connectivity index (χ1v) is 6.22. The van der Waals surface area contributed by atoms with Crippen LogP contribution in [-0.4, -0.2) is 21.0 Å². The second-order valence-electron chi connectivity index (χ2n) is 3.53. The summed E-state index contributed by atoms with van der Waals surface area (Å²) < 4.78 is 143. The number of hydrogen-bond acceptors (Lipinski definition) is 2. The summed E-state index contributed by atoms with van der Waals surface area (Å²) in [6, 6.07) is 0. The Morgan fingerprint density at radius 2 is 0.545 bits per heavy atom. The van der Waals surface area contributed by atoms with Crippen LogP contribution in [0.3, 0.4) is 0 Å². The summed E-state index contributed by atoms with van der Waals surface area (Å²) in [5, 5.41) is -17.7. The van der Waals surface area contributed by atoms with Gasteiger partial charge in [0.05, 0.1) is 0 Å². The maximum atomic E-state index is 11.9. The van der Waals surface area contributed by atoms with Crippen molar-refractivity contribution in [3.63, 3.8) is 0 Å². The predicted molar refractivity (Wildman–Crippen MR) is 53.5 cm³/mol. The minimum atomic E-state index is -4.44. The van der Waals surface area contributed by atoms with Crippen molar-refractivity contribution in [1.29, 1.82) is 0 Å². The lowest BCUT2D eigenvalue weighted by molar-refractivity contribution is 0.118. The monoisotopic (exact) mass is 388 g/mol. The van der Waals surface area contributed by atoms with Gasteiger partial charge in [-0.3, -0.25) is 0 Å². The Kier molecular flexibility index (Phi) is 4.81. The van der Waals surface area contributed by atoms with Gasteiger partial charge in [-0.15, -0.1) is 0 Å². The molecule has 0 radical (unpaired) electrons. The highest BCUT2D eigenvalue weighted by Crippen LogP contribution is 2.59. The molecule has 0 saturated heterocycles. The lowest BCUT2D eigenvalue weighted by Crippen LogP contribution is -2.11. The summed E-state index contributed by atoms with van der Waals surface area (Å²) in [4.78, 5) is 0. The molecule has 0 aromatic rings. The standard InChI is InChI=1S/2C4F6S/c2*5-1-2(6)4(9,10)11-3(1,7)8. The molecule has 128 valence electrons. The van der Waals surface area contributed by atoms with E-state index in [4.69, 9.17) is 0 Å². The van der Waals surface area contributed by atoms with Crippen molar-refractivity contribution < 1.29 is 52.7 Å². The lowest BCUT2D eigenvalue weighted by atomic mass is 10.4. The molecule has 2 aliphatic rings. The van der Waals surface area contributed by atoms with Crippen molar-refractivity contribution >= 4 is 23.5 Å². The van der Waals surface area contributed by atoms with Crippen LogP contribution in [0.1, 0.15) is 0 Å². The van der Waals surface area contributed by atoms with E-state index < -0.39 is 67.8 Å². The minimum Gasteiger partial charge on any atom is -0.201 e. The summed E-state index contributed by atoms with van der Waals surface area (Å²) in [6.07, 6.45) is 0. The summed E-state index contributed by atoms with van der Waals surface area (Å²) >= 11 is -2.70. The third-order valence-corrected chi connectivity index (χ3v) is 3.66. The molecular formula is C8F12S2. The van der Waals surface area contributed by atoms with Gasteiger partial charge >= 0.3 is 21.0 Å². The van der Waals surface area contributed by atoms with Crippen molar-refractivity contribution in [2.75, 3.05) is 0 Å². The molecule has 0 aromatic heterocycles. The molecule has 0 aliphatic carbocycles. The number of thioether (sulfide) groups is 2. The Labute approximate surface area is 121 Å². The maximum absolute atomic E-state index is 11.9. The van der Waals surface area contributed by atoms with E-state index in [1.165, 1.54) is 0 Å². The summed E-state index contributed by atoms with van der Waals surface area (Å²) in [6.45, 7) is 0. The van der Waals surface area contributed by atoms with E-state index in [-0.39, 0.29) is 0 Å². The van der Waals surface area contributed by atoms with Gasteiger partial charge in [-0.05, 0) is 0 Å². The highest BCUT2D eigenvalue weighted by Gasteiger charge is 2.61. The Hall–Kier alpha value is -0.660. The highest BCUT2D eigenvalue weighted by molar-refractivity contribution is 8.02. The molecule has 22 heavy (non-hydrogen) atoms. The fourth-order valence-corrected chi connectivity index (χ4v) is 2.37. The molecule has 0 N–H and O–H groups in total. The zero-order chi connectivity index (χ0) is 17.7. The van der Waals surface area contributed by atoms with E-state index in [1.54, 1.807) is 0 Å². The van der Waals surface area contributed by atoms with E-state index >= 15 is 0 Å². The van der Waals surface area contributed by atoms with Crippen molar-refractivity contribution in [2.24, 2.45) is 0 Å². The second-order valence-corrected chi connectivity index (χ2v) is 5.99. The van der Waals surface area contributed by atoms with Crippen LogP contribution in [0.15, 0.2) is 23.3 Å². The molecule has 2 heterocycles. The first-order valence-electron chi connectivity index (χ1n) is 4.58. The van der Waals surface area contributed by atoms with Crippen LogP contribution >= 0.6 is 23.5 Å². The summed E-state index contributed by atoms with van der Waals surface area (Å²) in [5.41, 5.74) is 0. The Bertz CT molecular complexity index is 441. The third kappa shape index (κ3) is 3.46. The average Bonchev–Trinajstić information content (AvgIpc) is 2.54. The van der Waals surface area contributed by atoms with E-state index in [9.17, 15) is 52.7 Å². The van der Waals surface area contributed by atoms with E-state index in [1.807, 2.05) is 0 Å². The largest absolute Gasteiger partial charge is 0.353 e. The van der Waals surface area contributed by atoms with Crippen molar-refractivity contribution in [3.05, 3.63) is 23.3 Å². The molecule has 0 atom stereocenters. The fourth-order valence-electron chi connectivity index (χ4n) is 1.01. The molecule has 0 aromatic carbocycles. The van der Waals surface area contributed by atoms with Crippen LogP contribution in [0.4, 0.5) is 52.7 Å². The highest BCUT2D eigenvalue weighted by atomic mass is 32.2. The van der Waals surface area contributed by atoms with Gasteiger partial charge in [-0.1, -0.05) is 0 Å². The Balaban J connectivity index is 0.000000220. The molecule has 0 fully saturated rings. The average molecular weight is 388 g/mol. The van der Waals surface area contributed by atoms with Gasteiger partial charge in [0.25, 0.3) is 0 Å². The van der Waals surface area contributed by atoms with E-state index in [2.05, 4.69) is 0 Å². The normalized spacial score (nSPS) is 27.8. The first-order chi connectivity index (χ1) is 9.54. The molecule has 0 unspecified atom stereocenters. The molecule has 0 amide bonds. The minimum absolute atomic E-state index is 1.35. The van der Waals surface area contributed by atoms with Crippen LogP contribution < -0.4 is 0 Å². The Morgan fingerprint density at radius 1 is 0.409 bits per heavy atom. The zero-order valence-electron chi connectivity index (χ0n) is 9.35. The van der Waals surface area contributed by atoms with Gasteiger partial charge in [0, 0.05) is 23.5 Å². The molecule has 0 spiro atoms. The van der Waals surface area contributed by atoms with Crippen LogP contribution in [0.25, 0.3) is 0 Å². The molecule has 0 bridgehead atoms. The topological polar surface area (TPSA) is 0 Å². The van der Waals surface area contributed by atoms with Gasteiger partial charge in [0.1, 0.15) is 0 Å². The number of hydrogen-bond donors (Lipinski definition) is 0. The van der Waals surface area contributed by atoms with Crippen molar-refractivity contribution in [1.82, 2.24) is 0 Å². The smallest absolute Gasteiger partial charge is 0.201 e. The first kappa shape index (κ1) is 19.4. The van der Waals surface area contributed by atoms with Gasteiger partial charge in [0.2, 0.25) is 23.3 Å². The SMILES string of the molecule is FC1=C(F)C(F)(F)SC1(F)F.FC1=C(F)C(F)(F)SC1(F)F. The van der Waals surface area contributed by atoms with Gasteiger partial charge in [0.15, 0.2) is 0 Å². The molecule has 2 rings (SSSR count). The molecule has 0 nitrogen and oxygen atoms in total. The summed E-state index contributed by atoms with van der Waals surface area (Å²) in [7, 11) is 0. The van der Waals surface area contributed by atoms with Gasteiger partial charge in [-0.25, -0.2) is 17.6 Å². The molecular weight excluding hydrogens is 388 g/mol. The van der Waals surface area contributed by atoms with Crippen LogP contribution in [0.5, 0.6) is 0 Å². The van der Waals surface area contributed by atoms with Crippen LogP contribution in [0, 0.1) is 0 Å². The maximum Gasteiger partial charge on any atom is 0.353 e. The molecule has 14 heteroatoms. The van der Waals surface area contributed by atoms with Crippen molar-refractivity contribution in [2.45, 2.75) is 21.0 Å². The number of halogens is 12. The van der Waals surface area contributed by atoms with E-state index in [0.717, 1.165) is 0 Å². The van der Waals surface area contributed by atoms with Crippen molar-refractivity contribution in [3.8, 4) is 0 Å². The Morgan fingerprint density at radius 3 is 0.591 bits per heavy atom. The van der Waals surface area contributed by atoms with Gasteiger partial charge in [-0.2, -0.15) is 35.1 Å². The van der Waals surface area contributed by atoms with E-state index in [0.29, 0.717) is 0 Å². The molecule has 0 saturated carbocycles. The fraction of sp³-hybridized carbons (Fsp3) is 0.500. The van der Waals surface area contributed by atoms with Crippen LogP contribution in [-0.2, 0) is 0 Å². The second kappa shape index (κ2) is 5.46. The zero-order valence-corrected chi connectivity index (χ0v) is 11.0. The lowest BCUT2D eigenvalue weighted by Gasteiger charge is -2.07. The number of alkyl halides is 8. The van der Waals surface area contributed by atoms with Crippen LogP contribution in [0.2, 0.25) is 0 Å².